The number of rotatable bonds is 8. The molecule has 0 spiro atoms. The molecule has 4 heterocycles. The van der Waals surface area contributed by atoms with Crippen LogP contribution in [0.15, 0.2) is 84.4 Å². The summed E-state index contributed by atoms with van der Waals surface area (Å²) >= 11 is 1.73. The largest absolute Gasteiger partial charge is 0.338 e. The lowest BCUT2D eigenvalue weighted by atomic mass is 10.00. The number of aromatic nitrogens is 4. The lowest BCUT2D eigenvalue weighted by Crippen LogP contribution is -2.15. The summed E-state index contributed by atoms with van der Waals surface area (Å²) in [5.74, 6) is 0. The highest BCUT2D eigenvalue weighted by Crippen LogP contribution is 2.35. The average Bonchev–Trinajstić information content (AvgIpc) is 3.63. The Hall–Kier alpha value is -3.74. The molecule has 5 nitrogen and oxygen atoms in total. The molecule has 0 atom stereocenters. The first-order valence-corrected chi connectivity index (χ1v) is 12.3. The molecule has 5 rings (SSSR count). The van der Waals surface area contributed by atoms with E-state index < -0.39 is 0 Å². The fourth-order valence-electron chi connectivity index (χ4n) is 4.18. The van der Waals surface area contributed by atoms with Crippen LogP contribution in [0.25, 0.3) is 49.3 Å². The molecule has 0 bridgehead atoms. The van der Waals surface area contributed by atoms with Gasteiger partial charge in [-0.2, -0.15) is 5.10 Å². The van der Waals surface area contributed by atoms with Gasteiger partial charge < -0.3 is 10.3 Å². The minimum absolute atomic E-state index is 0.797. The number of H-pyrrole nitrogens is 2. The van der Waals surface area contributed by atoms with Crippen LogP contribution >= 0.6 is 11.3 Å². The van der Waals surface area contributed by atoms with E-state index in [1.165, 1.54) is 10.4 Å². The van der Waals surface area contributed by atoms with Crippen molar-refractivity contribution in [3.8, 4) is 21.8 Å². The first-order valence-electron chi connectivity index (χ1n) is 11.4. The molecule has 0 aliphatic heterocycles. The lowest BCUT2D eigenvalue weighted by Gasteiger charge is -2.07. The third-order valence-electron chi connectivity index (χ3n) is 5.96. The predicted molar refractivity (Wildman–Crippen MR) is 145 cm³/mol. The average molecular weight is 466 g/mol. The quantitative estimate of drug-likeness (QED) is 0.217. The monoisotopic (exact) mass is 465 g/mol. The van der Waals surface area contributed by atoms with Gasteiger partial charge in [0.05, 0.1) is 11.2 Å². The molecule has 0 saturated heterocycles. The Kier molecular flexibility index (Phi) is 6.25. The van der Waals surface area contributed by atoms with Crippen LogP contribution in [0.1, 0.15) is 19.4 Å². The molecule has 3 N–H and O–H groups in total. The van der Waals surface area contributed by atoms with Crippen LogP contribution in [0, 0.1) is 0 Å². The zero-order valence-corrected chi connectivity index (χ0v) is 20.2. The number of nitrogens with one attached hydrogen (secondary N) is 3. The number of nitrogens with zero attached hydrogens (tertiary/aromatic N) is 2. The van der Waals surface area contributed by atoms with Gasteiger partial charge in [0.1, 0.15) is 11.3 Å². The standard InChI is InChI=1S/C28H27N5S/c1-4-18(17-29-6-3)14-19(5-2)20-9-10-24-23(15-20)27(33-32-24)25-16-22-21(26-8-7-13-34-26)11-12-30-28(22)31-25/h4-5,7-16,29H,1,6,17H2,2-3H3,(H,30,31)(H,32,33)/b18-14+,19-5+. The van der Waals surface area contributed by atoms with Crippen LogP contribution in [0.2, 0.25) is 0 Å². The van der Waals surface area contributed by atoms with E-state index in [1.54, 1.807) is 11.3 Å². The summed E-state index contributed by atoms with van der Waals surface area (Å²) < 4.78 is 0. The Balaban J connectivity index is 1.58. The second kappa shape index (κ2) is 9.63. The topological polar surface area (TPSA) is 69.4 Å². The highest BCUT2D eigenvalue weighted by atomic mass is 32.1. The Morgan fingerprint density at radius 1 is 1.18 bits per heavy atom. The van der Waals surface area contributed by atoms with E-state index in [4.69, 9.17) is 0 Å². The number of pyridine rings is 1. The maximum atomic E-state index is 4.65. The second-order valence-corrected chi connectivity index (χ2v) is 9.01. The van der Waals surface area contributed by atoms with Crippen LogP contribution < -0.4 is 5.32 Å². The number of hydrogen-bond acceptors (Lipinski definition) is 4. The molecule has 0 saturated carbocycles. The maximum absolute atomic E-state index is 4.65. The molecule has 0 aliphatic rings. The zero-order chi connectivity index (χ0) is 23.5. The smallest absolute Gasteiger partial charge is 0.138 e. The van der Waals surface area contributed by atoms with Crippen molar-refractivity contribution in [3.05, 3.63) is 90.0 Å². The molecule has 0 unspecified atom stereocenters. The summed E-state index contributed by atoms with van der Waals surface area (Å²) in [6.07, 6.45) is 8.09. The molecule has 0 fully saturated rings. The van der Waals surface area contributed by atoms with Crippen LogP contribution in [-0.2, 0) is 0 Å². The first-order chi connectivity index (χ1) is 16.7. The molecule has 1 aromatic carbocycles. The van der Waals surface area contributed by atoms with Gasteiger partial charge in [0.25, 0.3) is 0 Å². The van der Waals surface area contributed by atoms with Crippen molar-refractivity contribution >= 4 is 38.8 Å². The van der Waals surface area contributed by atoms with Gasteiger partial charge in [0.2, 0.25) is 0 Å². The Morgan fingerprint density at radius 3 is 2.85 bits per heavy atom. The predicted octanol–water partition coefficient (Wildman–Crippen LogP) is 6.96. The lowest BCUT2D eigenvalue weighted by molar-refractivity contribution is 0.785. The van der Waals surface area contributed by atoms with Crippen LogP contribution in [0.5, 0.6) is 0 Å². The van der Waals surface area contributed by atoms with Crippen LogP contribution in [-0.4, -0.2) is 33.3 Å². The summed E-state index contributed by atoms with van der Waals surface area (Å²) in [6, 6.07) is 14.9. The minimum Gasteiger partial charge on any atom is -0.338 e. The number of thiophene rings is 1. The number of fused-ring (bicyclic) bond motifs is 2. The fraction of sp³-hybridized carbons (Fsp3) is 0.143. The molecule has 4 aromatic heterocycles. The van der Waals surface area contributed by atoms with Crippen LogP contribution in [0.3, 0.4) is 0 Å². The fourth-order valence-corrected chi connectivity index (χ4v) is 4.95. The van der Waals surface area contributed by atoms with Gasteiger partial charge >= 0.3 is 0 Å². The number of allylic oxidation sites excluding steroid dienone is 3. The first kappa shape index (κ1) is 22.1. The van der Waals surface area contributed by atoms with Gasteiger partial charge in [-0.1, -0.05) is 43.9 Å². The molecule has 5 aromatic rings. The van der Waals surface area contributed by atoms with Gasteiger partial charge in [-0.15, -0.1) is 11.3 Å². The van der Waals surface area contributed by atoms with E-state index in [0.717, 1.165) is 63.1 Å². The third kappa shape index (κ3) is 4.14. The maximum Gasteiger partial charge on any atom is 0.138 e. The van der Waals surface area contributed by atoms with Crippen molar-refractivity contribution < 1.29 is 0 Å². The molecule has 0 radical (unpaired) electrons. The molecular formula is C28H27N5S. The van der Waals surface area contributed by atoms with E-state index >= 15 is 0 Å². The van der Waals surface area contributed by atoms with Gasteiger partial charge in [-0.05, 0) is 65.9 Å². The molecule has 170 valence electrons. The van der Waals surface area contributed by atoms with E-state index in [9.17, 15) is 0 Å². The molecule has 6 heteroatoms. The molecular weight excluding hydrogens is 438 g/mol. The van der Waals surface area contributed by atoms with Gasteiger partial charge in [0.15, 0.2) is 0 Å². The SMILES string of the molecule is C=C/C(=C\C(=C/C)c1ccc2[nH]nc(-c3cc4c(-c5cccs5)ccnc4[nH]3)c2c1)CNCC. The molecule has 34 heavy (non-hydrogen) atoms. The second-order valence-electron chi connectivity index (χ2n) is 8.06. The normalized spacial score (nSPS) is 12.6. The number of hydrogen-bond donors (Lipinski definition) is 3. The minimum atomic E-state index is 0.797. The number of benzene rings is 1. The summed E-state index contributed by atoms with van der Waals surface area (Å²) in [5.41, 5.74) is 8.34. The Labute approximate surface area is 203 Å². The van der Waals surface area contributed by atoms with Crippen molar-refractivity contribution in [2.75, 3.05) is 13.1 Å². The zero-order valence-electron chi connectivity index (χ0n) is 19.4. The summed E-state index contributed by atoms with van der Waals surface area (Å²) in [7, 11) is 0. The summed E-state index contributed by atoms with van der Waals surface area (Å²) in [5, 5.41) is 15.5. The van der Waals surface area contributed by atoms with Gasteiger partial charge in [0, 0.05) is 34.0 Å². The van der Waals surface area contributed by atoms with E-state index in [2.05, 4.69) is 106 Å². The van der Waals surface area contributed by atoms with Crippen molar-refractivity contribution in [1.82, 2.24) is 25.5 Å². The van der Waals surface area contributed by atoms with Crippen molar-refractivity contribution in [2.45, 2.75) is 13.8 Å². The van der Waals surface area contributed by atoms with Crippen molar-refractivity contribution in [1.29, 1.82) is 0 Å². The van der Waals surface area contributed by atoms with Gasteiger partial charge in [-0.25, -0.2) is 4.98 Å². The van der Waals surface area contributed by atoms with Crippen molar-refractivity contribution in [2.24, 2.45) is 0 Å². The molecule has 0 aliphatic carbocycles. The van der Waals surface area contributed by atoms with Crippen molar-refractivity contribution in [3.63, 3.8) is 0 Å². The number of likely N-dealkylation sites (N-methyl/N-ethyl adjacent to an activating group) is 1. The highest BCUT2D eigenvalue weighted by molar-refractivity contribution is 7.13. The van der Waals surface area contributed by atoms with Gasteiger partial charge in [-0.3, -0.25) is 5.10 Å². The number of aromatic amines is 2. The third-order valence-corrected chi connectivity index (χ3v) is 6.87. The Morgan fingerprint density at radius 2 is 2.09 bits per heavy atom. The summed E-state index contributed by atoms with van der Waals surface area (Å²) in [4.78, 5) is 9.28. The summed E-state index contributed by atoms with van der Waals surface area (Å²) in [6.45, 7) is 9.87. The van der Waals surface area contributed by atoms with E-state index in [1.807, 2.05) is 12.3 Å². The van der Waals surface area contributed by atoms with E-state index in [-0.39, 0.29) is 0 Å². The Bertz CT molecular complexity index is 1520. The molecule has 0 amide bonds. The highest BCUT2D eigenvalue weighted by Gasteiger charge is 2.15. The van der Waals surface area contributed by atoms with Crippen LogP contribution in [0.4, 0.5) is 0 Å². The van der Waals surface area contributed by atoms with E-state index in [0.29, 0.717) is 0 Å².